The molecule has 2 bridgehead atoms. The summed E-state index contributed by atoms with van der Waals surface area (Å²) in [5, 5.41) is 11.8. The predicted molar refractivity (Wildman–Crippen MR) is 121 cm³/mol. The lowest BCUT2D eigenvalue weighted by Gasteiger charge is -2.48. The van der Waals surface area contributed by atoms with Crippen LogP contribution >= 0.6 is 0 Å². The van der Waals surface area contributed by atoms with Gasteiger partial charge in [-0.2, -0.15) is 0 Å². The van der Waals surface area contributed by atoms with E-state index >= 15 is 0 Å². The van der Waals surface area contributed by atoms with E-state index in [1.165, 1.54) is 12.1 Å². The minimum atomic E-state index is -0.993. The van der Waals surface area contributed by atoms with Crippen LogP contribution in [-0.4, -0.2) is 22.1 Å². The average molecular weight is 435 g/mol. The lowest BCUT2D eigenvalue weighted by molar-refractivity contribution is -0.0667. The fourth-order valence-corrected chi connectivity index (χ4v) is 5.94. The molecule has 2 fully saturated rings. The van der Waals surface area contributed by atoms with Gasteiger partial charge in [-0.3, -0.25) is 4.90 Å². The fourth-order valence-electron chi connectivity index (χ4n) is 5.94. The van der Waals surface area contributed by atoms with E-state index in [-0.39, 0.29) is 23.7 Å². The molecule has 3 aromatic rings. The Labute approximate surface area is 187 Å². The standard InChI is InChI=1S/C27H28F2N2O/c28-24-11-5-2-8-21(24)26(22-9-3-6-12-25(22)29)31-19-13-14-20(31)16-27(32,15-19)23-10-4-1-7-18(23)17-30/h1-12,19-20,26,32H,13-17,30H2. The van der Waals surface area contributed by atoms with Crippen molar-refractivity contribution in [3.05, 3.63) is 107 Å². The minimum Gasteiger partial charge on any atom is -0.385 e. The van der Waals surface area contributed by atoms with Crippen LogP contribution in [0.4, 0.5) is 8.78 Å². The number of nitrogens with two attached hydrogens (primary N) is 1. The molecule has 5 rings (SSSR count). The topological polar surface area (TPSA) is 49.5 Å². The zero-order valence-corrected chi connectivity index (χ0v) is 17.9. The van der Waals surface area contributed by atoms with Crippen molar-refractivity contribution in [1.29, 1.82) is 0 Å². The highest BCUT2D eigenvalue weighted by molar-refractivity contribution is 5.37. The summed E-state index contributed by atoms with van der Waals surface area (Å²) in [7, 11) is 0. The highest BCUT2D eigenvalue weighted by Gasteiger charge is 2.51. The summed E-state index contributed by atoms with van der Waals surface area (Å²) in [4.78, 5) is 2.25. The van der Waals surface area contributed by atoms with E-state index in [4.69, 9.17) is 5.73 Å². The number of halogens is 2. The van der Waals surface area contributed by atoms with Gasteiger partial charge in [0, 0.05) is 29.8 Å². The molecule has 3 aromatic carbocycles. The maximum Gasteiger partial charge on any atom is 0.128 e. The first kappa shape index (κ1) is 21.3. The molecule has 3 N–H and O–H groups in total. The van der Waals surface area contributed by atoms with Crippen LogP contribution in [0.5, 0.6) is 0 Å². The summed E-state index contributed by atoms with van der Waals surface area (Å²) in [6.45, 7) is 0.366. The molecule has 2 saturated heterocycles. The van der Waals surface area contributed by atoms with E-state index in [1.807, 2.05) is 24.3 Å². The van der Waals surface area contributed by atoms with Crippen LogP contribution < -0.4 is 5.73 Å². The summed E-state index contributed by atoms with van der Waals surface area (Å²) < 4.78 is 30.0. The minimum absolute atomic E-state index is 0.00814. The third-order valence-electron chi connectivity index (χ3n) is 7.26. The number of aliphatic hydroxyl groups is 1. The molecular weight excluding hydrogens is 406 g/mol. The van der Waals surface area contributed by atoms with Gasteiger partial charge >= 0.3 is 0 Å². The number of nitrogens with zero attached hydrogens (tertiary/aromatic N) is 1. The molecule has 0 aliphatic carbocycles. The number of benzene rings is 3. The maximum atomic E-state index is 15.0. The van der Waals surface area contributed by atoms with Gasteiger partial charge in [0.05, 0.1) is 11.6 Å². The Hall–Kier alpha value is -2.60. The molecule has 5 heteroatoms. The molecule has 0 amide bonds. The van der Waals surface area contributed by atoms with Gasteiger partial charge < -0.3 is 10.8 Å². The zero-order chi connectivity index (χ0) is 22.3. The molecule has 0 radical (unpaired) electrons. The second-order valence-corrected chi connectivity index (χ2v) is 9.08. The summed E-state index contributed by atoms with van der Waals surface area (Å²) in [5.41, 5.74) is 7.74. The van der Waals surface area contributed by atoms with Crippen molar-refractivity contribution in [2.45, 2.75) is 56.0 Å². The normalized spacial score (nSPS) is 25.4. The van der Waals surface area contributed by atoms with E-state index in [0.717, 1.165) is 24.0 Å². The van der Waals surface area contributed by atoms with Crippen LogP contribution in [-0.2, 0) is 12.1 Å². The Morgan fingerprint density at radius 3 is 1.88 bits per heavy atom. The summed E-state index contributed by atoms with van der Waals surface area (Å²) >= 11 is 0. The van der Waals surface area contributed by atoms with E-state index in [0.29, 0.717) is 30.5 Å². The molecule has 0 aromatic heterocycles. The van der Waals surface area contributed by atoms with Gasteiger partial charge in [0.1, 0.15) is 11.6 Å². The Morgan fingerprint density at radius 1 is 0.844 bits per heavy atom. The maximum absolute atomic E-state index is 15.0. The van der Waals surface area contributed by atoms with Crippen molar-refractivity contribution in [2.24, 2.45) is 5.73 Å². The number of hydrogen-bond acceptors (Lipinski definition) is 3. The first-order chi connectivity index (χ1) is 15.5. The lowest BCUT2D eigenvalue weighted by Crippen LogP contribution is -2.51. The SMILES string of the molecule is NCc1ccccc1C1(O)CC2CCC(C1)N2C(c1ccccc1F)c1ccccc1F. The smallest absolute Gasteiger partial charge is 0.128 e. The Kier molecular flexibility index (Phi) is 5.58. The number of hydrogen-bond donors (Lipinski definition) is 2. The quantitative estimate of drug-likeness (QED) is 0.592. The third kappa shape index (κ3) is 3.54. The van der Waals surface area contributed by atoms with Crippen LogP contribution in [0, 0.1) is 11.6 Å². The Morgan fingerprint density at radius 2 is 1.34 bits per heavy atom. The second-order valence-electron chi connectivity index (χ2n) is 9.08. The third-order valence-corrected chi connectivity index (χ3v) is 7.26. The van der Waals surface area contributed by atoms with Crippen molar-refractivity contribution in [1.82, 2.24) is 4.90 Å². The number of fused-ring (bicyclic) bond motifs is 2. The van der Waals surface area contributed by atoms with Crippen molar-refractivity contribution < 1.29 is 13.9 Å². The van der Waals surface area contributed by atoms with Crippen molar-refractivity contribution in [2.75, 3.05) is 0 Å². The Balaban J connectivity index is 1.57. The molecule has 2 heterocycles. The first-order valence-corrected chi connectivity index (χ1v) is 11.3. The van der Waals surface area contributed by atoms with Crippen molar-refractivity contribution in [3.8, 4) is 0 Å². The van der Waals surface area contributed by atoms with Gasteiger partial charge in [-0.05, 0) is 48.9 Å². The van der Waals surface area contributed by atoms with Crippen LogP contribution in [0.1, 0.15) is 54.0 Å². The molecule has 0 spiro atoms. The van der Waals surface area contributed by atoms with Crippen molar-refractivity contribution >= 4 is 0 Å². The van der Waals surface area contributed by atoms with Crippen molar-refractivity contribution in [3.63, 3.8) is 0 Å². The number of piperidine rings is 1. The fraction of sp³-hybridized carbons (Fsp3) is 0.333. The van der Waals surface area contributed by atoms with Gasteiger partial charge in [0.15, 0.2) is 0 Å². The Bertz CT molecular complexity index is 1060. The van der Waals surface area contributed by atoms with Crippen LogP contribution in [0.2, 0.25) is 0 Å². The highest BCUT2D eigenvalue weighted by atomic mass is 19.1. The molecule has 3 nitrogen and oxygen atoms in total. The molecule has 2 unspecified atom stereocenters. The van der Waals surface area contributed by atoms with E-state index in [2.05, 4.69) is 4.90 Å². The van der Waals surface area contributed by atoms with Gasteiger partial charge in [-0.15, -0.1) is 0 Å². The highest BCUT2D eigenvalue weighted by Crippen LogP contribution is 2.51. The van der Waals surface area contributed by atoms with Gasteiger partial charge in [0.2, 0.25) is 0 Å². The first-order valence-electron chi connectivity index (χ1n) is 11.3. The zero-order valence-electron chi connectivity index (χ0n) is 17.9. The van der Waals surface area contributed by atoms with Gasteiger partial charge in [-0.25, -0.2) is 8.78 Å². The summed E-state index contributed by atoms with van der Waals surface area (Å²) in [5.74, 6) is -0.677. The largest absolute Gasteiger partial charge is 0.385 e. The molecule has 166 valence electrons. The summed E-state index contributed by atoms with van der Waals surface area (Å²) in [6.07, 6.45) is 2.80. The van der Waals surface area contributed by atoms with Gasteiger partial charge in [0.25, 0.3) is 0 Å². The molecular formula is C27H28F2N2O. The molecule has 2 atom stereocenters. The molecule has 2 aliphatic rings. The molecule has 32 heavy (non-hydrogen) atoms. The van der Waals surface area contributed by atoms with Gasteiger partial charge in [-0.1, -0.05) is 60.7 Å². The van der Waals surface area contributed by atoms with E-state index in [9.17, 15) is 13.9 Å². The van der Waals surface area contributed by atoms with Crippen LogP contribution in [0.15, 0.2) is 72.8 Å². The van der Waals surface area contributed by atoms with E-state index in [1.54, 1.807) is 36.4 Å². The van der Waals surface area contributed by atoms with Crippen LogP contribution in [0.3, 0.4) is 0 Å². The molecule has 2 aliphatic heterocycles. The lowest BCUT2D eigenvalue weighted by atomic mass is 9.77. The number of rotatable bonds is 5. The molecule has 0 saturated carbocycles. The average Bonchev–Trinajstić information content (AvgIpc) is 3.07. The second kappa shape index (κ2) is 8.39. The summed E-state index contributed by atoms with van der Waals surface area (Å²) in [6, 6.07) is 20.5. The monoisotopic (exact) mass is 434 g/mol. The van der Waals surface area contributed by atoms with Crippen LogP contribution in [0.25, 0.3) is 0 Å². The van der Waals surface area contributed by atoms with E-state index < -0.39 is 11.6 Å². The predicted octanol–water partition coefficient (Wildman–Crippen LogP) is 5.03.